The first kappa shape index (κ1) is 14.7. The maximum absolute atomic E-state index is 4.89. The minimum absolute atomic E-state index is 0.105. The Morgan fingerprint density at radius 3 is 2.68 bits per heavy atom. The molecule has 2 nitrogen and oxygen atoms in total. The molecule has 1 N–H and O–H groups in total. The van der Waals surface area contributed by atoms with E-state index < -0.39 is 0 Å². The van der Waals surface area contributed by atoms with Crippen molar-refractivity contribution in [1.82, 2.24) is 10.3 Å². The number of thiazole rings is 1. The number of hydrogen-bond donors (Lipinski definition) is 1. The lowest BCUT2D eigenvalue weighted by Gasteiger charge is -2.17. The SMILES string of the molecule is CCCNCc1sc(-c2ccsc2)nc1C(C)(C)C. The fourth-order valence-corrected chi connectivity index (χ4v) is 3.90. The molecular weight excluding hydrogens is 272 g/mol. The lowest BCUT2D eigenvalue weighted by atomic mass is 9.91. The number of thiophene rings is 1. The maximum atomic E-state index is 4.89. The van der Waals surface area contributed by atoms with Gasteiger partial charge in [0.15, 0.2) is 0 Å². The van der Waals surface area contributed by atoms with Gasteiger partial charge in [0.2, 0.25) is 0 Å². The summed E-state index contributed by atoms with van der Waals surface area (Å²) in [5.74, 6) is 0. The highest BCUT2D eigenvalue weighted by molar-refractivity contribution is 7.15. The molecule has 0 atom stereocenters. The van der Waals surface area contributed by atoms with E-state index in [4.69, 9.17) is 4.98 Å². The number of aromatic nitrogens is 1. The van der Waals surface area contributed by atoms with Crippen molar-refractivity contribution in [3.05, 3.63) is 27.4 Å². The molecule has 0 amide bonds. The first-order valence-electron chi connectivity index (χ1n) is 6.76. The highest BCUT2D eigenvalue weighted by Gasteiger charge is 2.23. The average molecular weight is 294 g/mol. The molecule has 0 fully saturated rings. The van der Waals surface area contributed by atoms with E-state index >= 15 is 0 Å². The molecule has 0 saturated carbocycles. The Bertz CT molecular complexity index is 507. The van der Waals surface area contributed by atoms with Crippen molar-refractivity contribution in [2.24, 2.45) is 0 Å². The number of rotatable bonds is 5. The Kier molecular flexibility index (Phi) is 4.76. The number of nitrogens with one attached hydrogen (secondary N) is 1. The molecule has 104 valence electrons. The monoisotopic (exact) mass is 294 g/mol. The number of nitrogens with zero attached hydrogens (tertiary/aromatic N) is 1. The van der Waals surface area contributed by atoms with Crippen LogP contribution in [-0.4, -0.2) is 11.5 Å². The summed E-state index contributed by atoms with van der Waals surface area (Å²) in [6, 6.07) is 2.15. The first-order valence-corrected chi connectivity index (χ1v) is 8.51. The Labute approximate surface area is 123 Å². The van der Waals surface area contributed by atoms with Crippen molar-refractivity contribution in [3.8, 4) is 10.6 Å². The molecule has 0 unspecified atom stereocenters. The quantitative estimate of drug-likeness (QED) is 0.811. The van der Waals surface area contributed by atoms with E-state index in [9.17, 15) is 0 Å². The second-order valence-corrected chi connectivity index (χ2v) is 7.59. The third-order valence-corrected chi connectivity index (χ3v) is 4.68. The second kappa shape index (κ2) is 6.16. The molecular formula is C15H22N2S2. The molecule has 19 heavy (non-hydrogen) atoms. The summed E-state index contributed by atoms with van der Waals surface area (Å²) < 4.78 is 0. The summed E-state index contributed by atoms with van der Waals surface area (Å²) in [5, 5.41) is 8.94. The molecule has 4 heteroatoms. The predicted molar refractivity (Wildman–Crippen MR) is 86.1 cm³/mol. The van der Waals surface area contributed by atoms with E-state index in [1.54, 1.807) is 11.3 Å². The normalized spacial score (nSPS) is 12.0. The van der Waals surface area contributed by atoms with Gasteiger partial charge in [0.25, 0.3) is 0 Å². The molecule has 0 radical (unpaired) electrons. The molecule has 0 saturated heterocycles. The van der Waals surface area contributed by atoms with Crippen LogP contribution in [0.4, 0.5) is 0 Å². The molecule has 0 aliphatic heterocycles. The zero-order chi connectivity index (χ0) is 13.9. The summed E-state index contributed by atoms with van der Waals surface area (Å²) in [4.78, 5) is 6.26. The molecule has 0 aliphatic carbocycles. The largest absolute Gasteiger partial charge is 0.312 e. The molecule has 2 aromatic rings. The van der Waals surface area contributed by atoms with Gasteiger partial charge in [-0.15, -0.1) is 11.3 Å². The van der Waals surface area contributed by atoms with Gasteiger partial charge in [0, 0.05) is 27.8 Å². The van der Waals surface area contributed by atoms with E-state index in [0.717, 1.165) is 18.1 Å². The topological polar surface area (TPSA) is 24.9 Å². The molecule has 2 aromatic heterocycles. The number of hydrogen-bond acceptors (Lipinski definition) is 4. The van der Waals surface area contributed by atoms with Crippen molar-refractivity contribution in [2.75, 3.05) is 6.54 Å². The van der Waals surface area contributed by atoms with Gasteiger partial charge in [-0.2, -0.15) is 11.3 Å². The van der Waals surface area contributed by atoms with Crippen molar-refractivity contribution in [3.63, 3.8) is 0 Å². The van der Waals surface area contributed by atoms with Crippen LogP contribution in [0.1, 0.15) is 44.7 Å². The van der Waals surface area contributed by atoms with Crippen molar-refractivity contribution < 1.29 is 0 Å². The Morgan fingerprint density at radius 2 is 2.11 bits per heavy atom. The molecule has 2 rings (SSSR count). The molecule has 2 heterocycles. The van der Waals surface area contributed by atoms with Gasteiger partial charge in [0.05, 0.1) is 5.69 Å². The van der Waals surface area contributed by atoms with Gasteiger partial charge in [0.1, 0.15) is 5.01 Å². The third kappa shape index (κ3) is 3.65. The van der Waals surface area contributed by atoms with Crippen molar-refractivity contribution in [1.29, 1.82) is 0 Å². The van der Waals surface area contributed by atoms with Crippen LogP contribution in [0.15, 0.2) is 16.8 Å². The third-order valence-electron chi connectivity index (χ3n) is 2.89. The van der Waals surface area contributed by atoms with Gasteiger partial charge < -0.3 is 5.32 Å². The summed E-state index contributed by atoms with van der Waals surface area (Å²) in [5.41, 5.74) is 2.60. The molecule has 0 bridgehead atoms. The van der Waals surface area contributed by atoms with E-state index in [1.165, 1.54) is 22.6 Å². The van der Waals surface area contributed by atoms with Gasteiger partial charge in [-0.05, 0) is 24.4 Å². The lowest BCUT2D eigenvalue weighted by molar-refractivity contribution is 0.559. The van der Waals surface area contributed by atoms with E-state index in [-0.39, 0.29) is 5.41 Å². The summed E-state index contributed by atoms with van der Waals surface area (Å²) in [6.07, 6.45) is 1.17. The summed E-state index contributed by atoms with van der Waals surface area (Å²) >= 11 is 3.56. The molecule has 0 aromatic carbocycles. The minimum atomic E-state index is 0.105. The van der Waals surface area contributed by atoms with Gasteiger partial charge in [-0.25, -0.2) is 4.98 Å². The summed E-state index contributed by atoms with van der Waals surface area (Å²) in [6.45, 7) is 10.9. The standard InChI is InChI=1S/C15H22N2S2/c1-5-7-16-9-12-13(15(2,3)4)17-14(19-12)11-6-8-18-10-11/h6,8,10,16H,5,7,9H2,1-4H3. The van der Waals surface area contributed by atoms with Crippen LogP contribution in [0.25, 0.3) is 10.6 Å². The van der Waals surface area contributed by atoms with Crippen LogP contribution >= 0.6 is 22.7 Å². The molecule has 0 spiro atoms. The smallest absolute Gasteiger partial charge is 0.124 e. The maximum Gasteiger partial charge on any atom is 0.124 e. The van der Waals surface area contributed by atoms with E-state index in [0.29, 0.717) is 0 Å². The second-order valence-electron chi connectivity index (χ2n) is 5.73. The lowest BCUT2D eigenvalue weighted by Crippen LogP contribution is -2.19. The van der Waals surface area contributed by atoms with Crippen LogP contribution in [0.5, 0.6) is 0 Å². The highest BCUT2D eigenvalue weighted by atomic mass is 32.1. The van der Waals surface area contributed by atoms with Gasteiger partial charge >= 0.3 is 0 Å². The molecule has 0 aliphatic rings. The zero-order valence-electron chi connectivity index (χ0n) is 12.1. The highest BCUT2D eigenvalue weighted by Crippen LogP contribution is 2.35. The zero-order valence-corrected chi connectivity index (χ0v) is 13.8. The fraction of sp³-hybridized carbons (Fsp3) is 0.533. The fourth-order valence-electron chi connectivity index (χ4n) is 1.95. The van der Waals surface area contributed by atoms with E-state index in [1.807, 2.05) is 11.3 Å². The first-order chi connectivity index (χ1) is 9.02. The van der Waals surface area contributed by atoms with Crippen LogP contribution in [0, 0.1) is 0 Å². The Hall–Kier alpha value is -0.710. The van der Waals surface area contributed by atoms with Crippen LogP contribution in [-0.2, 0) is 12.0 Å². The Balaban J connectivity index is 2.29. The summed E-state index contributed by atoms with van der Waals surface area (Å²) in [7, 11) is 0. The van der Waals surface area contributed by atoms with Crippen molar-refractivity contribution >= 4 is 22.7 Å². The van der Waals surface area contributed by atoms with Crippen LogP contribution in [0.2, 0.25) is 0 Å². The average Bonchev–Trinajstić information content (AvgIpc) is 2.96. The minimum Gasteiger partial charge on any atom is -0.312 e. The van der Waals surface area contributed by atoms with Gasteiger partial charge in [-0.3, -0.25) is 0 Å². The van der Waals surface area contributed by atoms with Crippen LogP contribution < -0.4 is 5.32 Å². The van der Waals surface area contributed by atoms with Gasteiger partial charge in [-0.1, -0.05) is 27.7 Å². The van der Waals surface area contributed by atoms with Crippen molar-refractivity contribution in [2.45, 2.75) is 46.1 Å². The Morgan fingerprint density at radius 1 is 1.32 bits per heavy atom. The predicted octanol–water partition coefficient (Wildman–Crippen LogP) is 4.67. The van der Waals surface area contributed by atoms with E-state index in [2.05, 4.69) is 49.8 Å². The van der Waals surface area contributed by atoms with Crippen LogP contribution in [0.3, 0.4) is 0 Å².